The largest absolute Gasteiger partial charge is 0.469 e. The zero-order chi connectivity index (χ0) is 18.3. The third-order valence-electron chi connectivity index (χ3n) is 4.22. The van der Waals surface area contributed by atoms with Crippen molar-refractivity contribution in [2.45, 2.75) is 6.42 Å². The van der Waals surface area contributed by atoms with Crippen LogP contribution in [0.15, 0.2) is 36.0 Å². The first-order chi connectivity index (χ1) is 12.4. The van der Waals surface area contributed by atoms with Crippen LogP contribution in [0.1, 0.15) is 15.9 Å². The number of Topliss-reactive ketones (excluding diaryl/α,β-unsaturated/α-hetero) is 1. The molecule has 0 amide bonds. The summed E-state index contributed by atoms with van der Waals surface area (Å²) in [4.78, 5) is 21.5. The second-order valence-corrected chi connectivity index (χ2v) is 8.76. The van der Waals surface area contributed by atoms with Crippen LogP contribution in [-0.4, -0.2) is 43.6 Å². The number of hydrogen-bond acceptors (Lipinski definition) is 7. The molecule has 7 nitrogen and oxygen atoms in total. The smallest absolute Gasteiger partial charge is 0.232 e. The second kappa shape index (κ2) is 6.33. The summed E-state index contributed by atoms with van der Waals surface area (Å²) in [7, 11) is -3.30. The minimum atomic E-state index is -3.30. The third-order valence-corrected chi connectivity index (χ3v) is 6.22. The molecule has 1 aromatic carbocycles. The van der Waals surface area contributed by atoms with E-state index < -0.39 is 10.0 Å². The number of fused-ring (bicyclic) bond motifs is 2. The van der Waals surface area contributed by atoms with Gasteiger partial charge in [-0.25, -0.2) is 18.4 Å². The van der Waals surface area contributed by atoms with Gasteiger partial charge in [0, 0.05) is 12.1 Å². The highest BCUT2D eigenvalue weighted by molar-refractivity contribution is 7.92. The number of carbonyl (C=O) groups excluding carboxylic acids is 1. The predicted molar refractivity (Wildman–Crippen MR) is 99.6 cm³/mol. The third kappa shape index (κ3) is 3.04. The standard InChI is InChI=1S/C17H15N3O4S2/c1-26(22,23)20-6-4-11-8-12(2-3-14(11)20)15(21)9-24-16-13-5-7-25-17(13)19-10-18-16/h2-3,5,7-8,10H,4,6,9H2,1H3. The van der Waals surface area contributed by atoms with Crippen molar-refractivity contribution in [1.29, 1.82) is 0 Å². The summed E-state index contributed by atoms with van der Waals surface area (Å²) < 4.78 is 30.5. The van der Waals surface area contributed by atoms with Crippen LogP contribution in [0.3, 0.4) is 0 Å². The van der Waals surface area contributed by atoms with E-state index >= 15 is 0 Å². The molecule has 0 fully saturated rings. The molecule has 26 heavy (non-hydrogen) atoms. The van der Waals surface area contributed by atoms with E-state index in [-0.39, 0.29) is 12.4 Å². The number of ether oxygens (including phenoxy) is 1. The summed E-state index contributed by atoms with van der Waals surface area (Å²) >= 11 is 1.48. The van der Waals surface area contributed by atoms with Crippen molar-refractivity contribution in [3.05, 3.63) is 47.1 Å². The van der Waals surface area contributed by atoms with Crippen LogP contribution in [0.2, 0.25) is 0 Å². The van der Waals surface area contributed by atoms with Crippen molar-refractivity contribution in [1.82, 2.24) is 9.97 Å². The fraction of sp³-hybridized carbons (Fsp3) is 0.235. The summed E-state index contributed by atoms with van der Waals surface area (Å²) in [6.07, 6.45) is 3.18. The van der Waals surface area contributed by atoms with Crippen molar-refractivity contribution in [2.24, 2.45) is 0 Å². The van der Waals surface area contributed by atoms with E-state index in [9.17, 15) is 13.2 Å². The zero-order valence-corrected chi connectivity index (χ0v) is 15.5. The SMILES string of the molecule is CS(=O)(=O)N1CCc2cc(C(=O)COc3ncnc4sccc34)ccc21. The molecular formula is C17H15N3O4S2. The summed E-state index contributed by atoms with van der Waals surface area (Å²) in [6, 6.07) is 6.91. The molecule has 0 saturated carbocycles. The first kappa shape index (κ1) is 16.9. The highest BCUT2D eigenvalue weighted by Crippen LogP contribution is 2.31. The van der Waals surface area contributed by atoms with Crippen molar-refractivity contribution in [3.8, 4) is 5.88 Å². The maximum absolute atomic E-state index is 12.5. The number of benzene rings is 1. The summed E-state index contributed by atoms with van der Waals surface area (Å²) in [5, 5.41) is 2.67. The molecule has 0 saturated heterocycles. The van der Waals surface area contributed by atoms with Gasteiger partial charge in [0.2, 0.25) is 15.9 Å². The van der Waals surface area contributed by atoms with Crippen LogP contribution in [0.4, 0.5) is 5.69 Å². The van der Waals surface area contributed by atoms with Crippen LogP contribution >= 0.6 is 11.3 Å². The van der Waals surface area contributed by atoms with Gasteiger partial charge in [-0.15, -0.1) is 11.3 Å². The Hall–Kier alpha value is -2.52. The summed E-state index contributed by atoms with van der Waals surface area (Å²) in [5.74, 6) is 0.196. The Balaban J connectivity index is 1.52. The Labute approximate surface area is 154 Å². The van der Waals surface area contributed by atoms with E-state index in [1.807, 2.05) is 11.4 Å². The topological polar surface area (TPSA) is 89.5 Å². The van der Waals surface area contributed by atoms with Gasteiger partial charge in [0.15, 0.2) is 12.4 Å². The van der Waals surface area contributed by atoms with E-state index in [1.54, 1.807) is 18.2 Å². The molecule has 1 aliphatic rings. The molecule has 0 unspecified atom stereocenters. The van der Waals surface area contributed by atoms with Gasteiger partial charge in [0.05, 0.1) is 17.3 Å². The maximum Gasteiger partial charge on any atom is 0.232 e. The Bertz CT molecular complexity index is 1110. The van der Waals surface area contributed by atoms with Crippen LogP contribution in [0, 0.1) is 0 Å². The van der Waals surface area contributed by atoms with Gasteiger partial charge in [-0.1, -0.05) is 0 Å². The quantitative estimate of drug-likeness (QED) is 0.622. The fourth-order valence-corrected chi connectivity index (χ4v) is 4.67. The molecule has 0 bridgehead atoms. The van der Waals surface area contributed by atoms with E-state index in [4.69, 9.17) is 4.74 Å². The number of ketones is 1. The molecule has 134 valence electrons. The molecule has 0 radical (unpaired) electrons. The average molecular weight is 389 g/mol. The maximum atomic E-state index is 12.5. The molecule has 2 aromatic heterocycles. The lowest BCUT2D eigenvalue weighted by molar-refractivity contribution is 0.0919. The Kier molecular flexibility index (Phi) is 4.12. The fourth-order valence-electron chi connectivity index (χ4n) is 2.99. The van der Waals surface area contributed by atoms with Crippen LogP contribution in [0.25, 0.3) is 10.2 Å². The van der Waals surface area contributed by atoms with Gasteiger partial charge in [-0.3, -0.25) is 9.10 Å². The lowest BCUT2D eigenvalue weighted by Gasteiger charge is -2.16. The van der Waals surface area contributed by atoms with Crippen molar-refractivity contribution in [3.63, 3.8) is 0 Å². The average Bonchev–Trinajstić information content (AvgIpc) is 3.25. The van der Waals surface area contributed by atoms with Crippen molar-refractivity contribution < 1.29 is 17.9 Å². The predicted octanol–water partition coefficient (Wildman–Crippen LogP) is 2.28. The molecule has 1 aliphatic heterocycles. The Morgan fingerprint density at radius 3 is 2.96 bits per heavy atom. The molecule has 4 rings (SSSR count). The monoisotopic (exact) mass is 389 g/mol. The molecule has 0 aliphatic carbocycles. The van der Waals surface area contributed by atoms with Gasteiger partial charge >= 0.3 is 0 Å². The minimum absolute atomic E-state index is 0.142. The first-order valence-corrected chi connectivity index (χ1v) is 10.6. The highest BCUT2D eigenvalue weighted by Gasteiger charge is 2.26. The number of nitrogens with zero attached hydrogens (tertiary/aromatic N) is 3. The van der Waals surface area contributed by atoms with Gasteiger partial charge in [0.25, 0.3) is 0 Å². The molecule has 3 heterocycles. The highest BCUT2D eigenvalue weighted by atomic mass is 32.2. The van der Waals surface area contributed by atoms with E-state index in [1.165, 1.54) is 28.2 Å². The molecule has 0 atom stereocenters. The lowest BCUT2D eigenvalue weighted by atomic mass is 10.1. The Morgan fingerprint density at radius 1 is 1.31 bits per heavy atom. The van der Waals surface area contributed by atoms with Crippen molar-refractivity contribution >= 4 is 43.0 Å². The van der Waals surface area contributed by atoms with Gasteiger partial charge in [0.1, 0.15) is 11.2 Å². The molecule has 3 aromatic rings. The molecular weight excluding hydrogens is 374 g/mol. The normalized spacial score (nSPS) is 13.8. The zero-order valence-electron chi connectivity index (χ0n) is 13.9. The number of aromatic nitrogens is 2. The second-order valence-electron chi connectivity index (χ2n) is 5.96. The number of thiophene rings is 1. The van der Waals surface area contributed by atoms with Gasteiger partial charge < -0.3 is 4.74 Å². The Morgan fingerprint density at radius 2 is 2.15 bits per heavy atom. The minimum Gasteiger partial charge on any atom is -0.469 e. The molecule has 0 spiro atoms. The van der Waals surface area contributed by atoms with Gasteiger partial charge in [-0.05, 0) is 41.6 Å². The van der Waals surface area contributed by atoms with Gasteiger partial charge in [-0.2, -0.15) is 0 Å². The van der Waals surface area contributed by atoms with E-state index in [2.05, 4.69) is 9.97 Å². The van der Waals surface area contributed by atoms with Crippen LogP contribution in [0.5, 0.6) is 5.88 Å². The van der Waals surface area contributed by atoms with E-state index in [0.717, 1.165) is 15.8 Å². The number of sulfonamides is 1. The summed E-state index contributed by atoms with van der Waals surface area (Å²) in [6.45, 7) is 0.260. The first-order valence-electron chi connectivity index (χ1n) is 7.88. The van der Waals surface area contributed by atoms with E-state index in [0.29, 0.717) is 30.1 Å². The van der Waals surface area contributed by atoms with Crippen molar-refractivity contribution in [2.75, 3.05) is 23.7 Å². The molecule has 0 N–H and O–H groups in total. The van der Waals surface area contributed by atoms with Crippen LogP contribution in [-0.2, 0) is 16.4 Å². The molecule has 9 heteroatoms. The number of rotatable bonds is 5. The number of hydrogen-bond donors (Lipinski definition) is 0. The lowest BCUT2D eigenvalue weighted by Crippen LogP contribution is -2.27. The van der Waals surface area contributed by atoms with Crippen LogP contribution < -0.4 is 9.04 Å². The summed E-state index contributed by atoms with van der Waals surface area (Å²) in [5.41, 5.74) is 1.99. The number of carbonyl (C=O) groups is 1. The number of anilines is 1.